The average molecular weight is 480 g/mol. The second-order valence-corrected chi connectivity index (χ2v) is 14.4. The molecule has 0 radical (unpaired) electrons. The molecule has 29 heavy (non-hydrogen) atoms. The molecule has 1 aliphatic heterocycles. The van der Waals surface area contributed by atoms with Crippen molar-refractivity contribution in [1.29, 1.82) is 0 Å². The molecule has 1 aliphatic rings. The first-order chi connectivity index (χ1) is 13.8. The Morgan fingerprint density at radius 2 is 1.76 bits per heavy atom. The van der Waals surface area contributed by atoms with Gasteiger partial charge in [-0.3, -0.25) is 0 Å². The first-order valence-corrected chi connectivity index (χ1v) is 18.1. The van der Waals surface area contributed by atoms with E-state index in [9.17, 15) is 0 Å². The minimum absolute atomic E-state index is 0.794. The van der Waals surface area contributed by atoms with Gasteiger partial charge in [-0.25, -0.2) is 0 Å². The minimum atomic E-state index is -0.845. The average Bonchev–Trinajstić information content (AvgIpc) is 3.43. The smallest absolute Gasteiger partial charge is 0.0683 e. The van der Waals surface area contributed by atoms with Crippen molar-refractivity contribution in [3.05, 3.63) is 71.3 Å². The van der Waals surface area contributed by atoms with Crippen LogP contribution in [0.1, 0.15) is 37.5 Å². The van der Waals surface area contributed by atoms with Crippen LogP contribution < -0.4 is 6.10 Å². The molecule has 0 spiro atoms. The number of nitrogens with two attached hydrogens (primary N) is 1. The largest absolute Gasteiger partial charge is 0.0683 e. The SMILES string of the molecule is C/C=C\C(=C(/N)c1cccc(C#CS(C)(C)C)c1)c1ccc2c(c1)[N]2[Sr][CH3].CC. The fraction of sp³-hybridized carbons (Fsp3) is 0.280. The number of hydrogen-bond donors (Lipinski definition) is 1. The van der Waals surface area contributed by atoms with Gasteiger partial charge in [-0.2, -0.15) is 0 Å². The molecule has 0 saturated heterocycles. The summed E-state index contributed by atoms with van der Waals surface area (Å²) in [5.41, 5.74) is 14.5. The summed E-state index contributed by atoms with van der Waals surface area (Å²) in [6.45, 7) is 6.03. The van der Waals surface area contributed by atoms with Crippen LogP contribution in [0.15, 0.2) is 54.6 Å². The summed E-state index contributed by atoms with van der Waals surface area (Å²) in [6.07, 6.45) is 10.8. The Labute approximate surface area is 202 Å². The molecule has 3 rings (SSSR count). The van der Waals surface area contributed by atoms with E-state index in [1.165, 1.54) is 16.9 Å². The Morgan fingerprint density at radius 3 is 2.38 bits per heavy atom. The summed E-state index contributed by atoms with van der Waals surface area (Å²) >= 11 is -0.794. The van der Waals surface area contributed by atoms with E-state index in [1.807, 2.05) is 26.8 Å². The zero-order valence-electron chi connectivity index (χ0n) is 18.8. The molecule has 1 heterocycles. The van der Waals surface area contributed by atoms with Crippen LogP contribution in [0.4, 0.5) is 11.4 Å². The van der Waals surface area contributed by atoms with E-state index in [0.717, 1.165) is 22.4 Å². The van der Waals surface area contributed by atoms with E-state index in [1.54, 1.807) is 0 Å². The van der Waals surface area contributed by atoms with Crippen LogP contribution in [-0.2, 0) is 0 Å². The van der Waals surface area contributed by atoms with E-state index >= 15 is 0 Å². The summed E-state index contributed by atoms with van der Waals surface area (Å²) in [4.78, 5) is 0. The molecular weight excluding hydrogens is 448 g/mol. The van der Waals surface area contributed by atoms with E-state index in [4.69, 9.17) is 5.73 Å². The standard InChI is InChI=1S/C22H23N2S.C2H6.CH3.Sr/c1-5-7-19(17-10-11-20-21(15-17)24-20)22(23)18-9-6-8-16(14-18)12-13-25(2,3)4;1-2;;/h5-11,14-15H,23H2,1-4H3;1-2H3;1H3;/q-1;;;+1/b7-5-,22-19+;;;. The monoisotopic (exact) mass is 480 g/mol. The molecule has 150 valence electrons. The van der Waals surface area contributed by atoms with E-state index < -0.39 is 51.5 Å². The van der Waals surface area contributed by atoms with Gasteiger partial charge in [0, 0.05) is 0 Å². The molecule has 2 N–H and O–H groups in total. The third kappa shape index (κ3) is 6.44. The van der Waals surface area contributed by atoms with Crippen molar-refractivity contribution in [1.82, 2.24) is 0 Å². The van der Waals surface area contributed by atoms with Crippen LogP contribution in [0.2, 0.25) is 1.89 Å². The maximum absolute atomic E-state index is 6.63. The van der Waals surface area contributed by atoms with Crippen LogP contribution in [0.25, 0.3) is 11.3 Å². The Hall–Kier alpha value is -1.09. The number of anilines is 2. The van der Waals surface area contributed by atoms with E-state index in [-0.39, 0.29) is 0 Å². The summed E-state index contributed by atoms with van der Waals surface area (Å²) in [7, 11) is -0.845. The quantitative estimate of drug-likeness (QED) is 0.185. The Balaban J connectivity index is 0.00000145. The third-order valence-electron chi connectivity index (χ3n) is 4.43. The van der Waals surface area contributed by atoms with Gasteiger partial charge < -0.3 is 0 Å². The van der Waals surface area contributed by atoms with Crippen LogP contribution >= 0.6 is 10.0 Å². The molecular formula is C25H32N2SSr. The van der Waals surface area contributed by atoms with Crippen LogP contribution in [0, 0.1) is 11.2 Å². The molecule has 2 aromatic rings. The van der Waals surface area contributed by atoms with Gasteiger partial charge in [0.15, 0.2) is 0 Å². The molecule has 0 atom stereocenters. The van der Waals surface area contributed by atoms with E-state index in [0.29, 0.717) is 0 Å². The number of fused-ring (bicyclic) bond motifs is 1. The first kappa shape index (κ1) is 24.2. The van der Waals surface area contributed by atoms with Gasteiger partial charge in [0.05, 0.1) is 0 Å². The maximum atomic E-state index is 6.63. The van der Waals surface area contributed by atoms with Crippen LogP contribution in [-0.4, -0.2) is 60.2 Å². The topological polar surface area (TPSA) is 29.0 Å². The predicted octanol–water partition coefficient (Wildman–Crippen LogP) is 6.24. The molecule has 0 unspecified atom stereocenters. The van der Waals surface area contributed by atoms with Gasteiger partial charge in [-0.1, -0.05) is 13.8 Å². The van der Waals surface area contributed by atoms with Gasteiger partial charge in [-0.15, -0.1) is 0 Å². The molecule has 0 bridgehead atoms. The summed E-state index contributed by atoms with van der Waals surface area (Å²) in [6, 6.07) is 15.0. The molecule has 0 saturated carbocycles. The maximum Gasteiger partial charge on any atom is -0.0683 e. The third-order valence-corrected chi connectivity index (χ3v) is 8.38. The zero-order valence-corrected chi connectivity index (χ0v) is 23.1. The fourth-order valence-corrected chi connectivity index (χ4v) is 6.27. The fourth-order valence-electron chi connectivity index (χ4n) is 3.07. The van der Waals surface area contributed by atoms with Gasteiger partial charge >= 0.3 is 172 Å². The van der Waals surface area contributed by atoms with Gasteiger partial charge in [0.2, 0.25) is 0 Å². The molecule has 4 heteroatoms. The normalized spacial score (nSPS) is 13.3. The molecule has 0 fully saturated rings. The van der Waals surface area contributed by atoms with E-state index in [2.05, 4.69) is 80.8 Å². The second kappa shape index (κ2) is 10.8. The predicted molar refractivity (Wildman–Crippen MR) is 136 cm³/mol. The van der Waals surface area contributed by atoms with Crippen molar-refractivity contribution in [2.24, 2.45) is 5.73 Å². The van der Waals surface area contributed by atoms with Crippen molar-refractivity contribution in [2.75, 3.05) is 19.1 Å². The van der Waals surface area contributed by atoms with Gasteiger partial charge in [0.25, 0.3) is 0 Å². The summed E-state index contributed by atoms with van der Waals surface area (Å²) in [5, 5.41) is 3.38. The summed E-state index contributed by atoms with van der Waals surface area (Å²) < 4.78 is 4.89. The van der Waals surface area contributed by atoms with Crippen LogP contribution in [0.5, 0.6) is 0 Å². The Morgan fingerprint density at radius 1 is 1.03 bits per heavy atom. The molecule has 0 aromatic heterocycles. The van der Waals surface area contributed by atoms with Crippen molar-refractivity contribution in [3.63, 3.8) is 0 Å². The Kier molecular flexibility index (Phi) is 9.00. The first-order valence-electron chi connectivity index (χ1n) is 10.2. The number of benzene rings is 2. The number of nitrogens with zero attached hydrogens (tertiary/aromatic N) is 1. The summed E-state index contributed by atoms with van der Waals surface area (Å²) in [5.74, 6) is 3.31. The van der Waals surface area contributed by atoms with Crippen molar-refractivity contribution in [2.45, 2.75) is 22.7 Å². The Bertz CT molecular complexity index is 988. The number of hydrogen-bond acceptors (Lipinski definition) is 2. The minimum Gasteiger partial charge on any atom is -0.0683 e. The van der Waals surface area contributed by atoms with Crippen molar-refractivity contribution >= 4 is 74.1 Å². The van der Waals surface area contributed by atoms with Crippen LogP contribution in [0.3, 0.4) is 0 Å². The van der Waals surface area contributed by atoms with Crippen molar-refractivity contribution in [3.8, 4) is 11.2 Å². The molecule has 2 nitrogen and oxygen atoms in total. The molecule has 2 aromatic carbocycles. The zero-order chi connectivity index (χ0) is 21.6. The molecule has 0 aliphatic carbocycles. The number of allylic oxidation sites excluding steroid dienone is 3. The van der Waals surface area contributed by atoms with Gasteiger partial charge in [0.1, 0.15) is 0 Å². The van der Waals surface area contributed by atoms with Crippen molar-refractivity contribution < 1.29 is 0 Å². The second-order valence-electron chi connectivity index (χ2n) is 7.42. The number of rotatable bonds is 4. The van der Waals surface area contributed by atoms with Gasteiger partial charge in [-0.05, 0) is 18.8 Å². The molecule has 0 amide bonds.